The van der Waals surface area contributed by atoms with Crippen molar-refractivity contribution in [3.05, 3.63) is 90.4 Å². The van der Waals surface area contributed by atoms with Gasteiger partial charge in [0.1, 0.15) is 11.9 Å². The molecule has 1 aliphatic heterocycles. The van der Waals surface area contributed by atoms with Crippen molar-refractivity contribution < 1.29 is 27.8 Å². The maximum Gasteiger partial charge on any atom is 0.416 e. The third-order valence-corrected chi connectivity index (χ3v) is 5.75. The fourth-order valence-electron chi connectivity index (χ4n) is 3.47. The van der Waals surface area contributed by atoms with Gasteiger partial charge < -0.3 is 36.8 Å². The molecule has 0 aliphatic carbocycles. The van der Waals surface area contributed by atoms with Crippen LogP contribution in [0.15, 0.2) is 79.3 Å². The zero-order valence-electron chi connectivity index (χ0n) is 21.5. The van der Waals surface area contributed by atoms with Gasteiger partial charge in [0.05, 0.1) is 41.0 Å². The van der Waals surface area contributed by atoms with Gasteiger partial charge in [0.2, 0.25) is 0 Å². The van der Waals surface area contributed by atoms with Crippen LogP contribution in [0.5, 0.6) is 11.8 Å². The number of urea groups is 1. The van der Waals surface area contributed by atoms with E-state index in [1.165, 1.54) is 24.5 Å². The van der Waals surface area contributed by atoms with Crippen LogP contribution >= 0.6 is 0 Å². The highest BCUT2D eigenvalue weighted by Crippen LogP contribution is 2.30. The Kier molecular flexibility index (Phi) is 8.26. The minimum atomic E-state index is -4.52. The molecule has 40 heavy (non-hydrogen) atoms. The molecule has 1 aromatic heterocycles. The molecular formula is C27H28F3N7O3. The van der Waals surface area contributed by atoms with Crippen LogP contribution in [0.3, 0.4) is 0 Å². The number of benzene rings is 2. The van der Waals surface area contributed by atoms with Crippen LogP contribution in [-0.2, 0) is 6.18 Å². The summed E-state index contributed by atoms with van der Waals surface area (Å²) in [6.45, 7) is 3.29. The Morgan fingerprint density at radius 1 is 1.10 bits per heavy atom. The summed E-state index contributed by atoms with van der Waals surface area (Å²) in [5.74, 6) is 0.478. The average Bonchev–Trinajstić information content (AvgIpc) is 3.37. The number of nitrogens with zero attached hydrogens (tertiary/aromatic N) is 2. The molecular weight excluding hydrogens is 527 g/mol. The van der Waals surface area contributed by atoms with Gasteiger partial charge in [0, 0.05) is 11.9 Å². The van der Waals surface area contributed by atoms with Crippen LogP contribution < -0.4 is 31.7 Å². The van der Waals surface area contributed by atoms with Gasteiger partial charge in [-0.05, 0) is 68.0 Å². The maximum atomic E-state index is 12.9. The molecule has 3 aromatic rings. The first-order valence-electron chi connectivity index (χ1n) is 12.1. The van der Waals surface area contributed by atoms with Gasteiger partial charge in [-0.15, -0.1) is 0 Å². The fraction of sp³-hybridized carbons (Fsp3) is 0.222. The van der Waals surface area contributed by atoms with E-state index >= 15 is 0 Å². The van der Waals surface area contributed by atoms with Crippen LogP contribution in [0, 0.1) is 0 Å². The SMILES string of the molecule is CC(C)(O)C(N)/C=C\C1NC=C(c2ccc(Oc3ncc(NC(=O)Nc4cccc(C(F)(F)F)c4)cn3)cc2)N1. The smallest absolute Gasteiger partial charge is 0.416 e. The van der Waals surface area contributed by atoms with E-state index in [-0.39, 0.29) is 23.6 Å². The molecule has 13 heteroatoms. The van der Waals surface area contributed by atoms with Crippen LogP contribution in [0.25, 0.3) is 5.70 Å². The summed E-state index contributed by atoms with van der Waals surface area (Å²) in [5, 5.41) is 21.2. The number of alkyl halides is 3. The van der Waals surface area contributed by atoms with Crippen molar-refractivity contribution >= 4 is 23.1 Å². The molecule has 2 amide bonds. The topological polar surface area (TPSA) is 146 Å². The number of anilines is 2. The Morgan fingerprint density at radius 2 is 1.77 bits per heavy atom. The first-order valence-corrected chi connectivity index (χ1v) is 12.1. The van der Waals surface area contributed by atoms with Crippen LogP contribution in [0.4, 0.5) is 29.3 Å². The Balaban J connectivity index is 1.28. The molecule has 1 aliphatic rings. The van der Waals surface area contributed by atoms with E-state index in [2.05, 4.69) is 31.2 Å². The van der Waals surface area contributed by atoms with E-state index in [0.29, 0.717) is 5.75 Å². The third kappa shape index (κ3) is 7.71. The normalized spacial score (nSPS) is 16.1. The summed E-state index contributed by atoms with van der Waals surface area (Å²) in [7, 11) is 0. The molecule has 2 unspecified atom stereocenters. The van der Waals surface area contributed by atoms with Crippen molar-refractivity contribution in [1.82, 2.24) is 20.6 Å². The van der Waals surface area contributed by atoms with E-state index < -0.39 is 29.4 Å². The van der Waals surface area contributed by atoms with Crippen LogP contribution in [0.2, 0.25) is 0 Å². The number of carbonyl (C=O) groups is 1. The van der Waals surface area contributed by atoms with Crippen molar-refractivity contribution in [3.63, 3.8) is 0 Å². The van der Waals surface area contributed by atoms with E-state index in [0.717, 1.165) is 23.4 Å². The summed E-state index contributed by atoms with van der Waals surface area (Å²) in [6, 6.07) is 10.2. The molecule has 0 bridgehead atoms. The third-order valence-electron chi connectivity index (χ3n) is 5.75. The second-order valence-corrected chi connectivity index (χ2v) is 9.45. The van der Waals surface area contributed by atoms with Gasteiger partial charge in [-0.2, -0.15) is 13.2 Å². The Morgan fingerprint density at radius 3 is 2.42 bits per heavy atom. The number of ether oxygens (including phenoxy) is 1. The van der Waals surface area contributed by atoms with Gasteiger partial charge in [0.25, 0.3) is 0 Å². The van der Waals surface area contributed by atoms with E-state index in [1.54, 1.807) is 32.1 Å². The number of rotatable bonds is 8. The highest BCUT2D eigenvalue weighted by Gasteiger charge is 2.30. The minimum Gasteiger partial charge on any atom is -0.424 e. The molecule has 0 radical (unpaired) electrons. The molecule has 2 aromatic carbocycles. The molecule has 4 rings (SSSR count). The van der Waals surface area contributed by atoms with Crippen molar-refractivity contribution in [2.75, 3.05) is 10.6 Å². The predicted octanol–water partition coefficient (Wildman–Crippen LogP) is 4.40. The van der Waals surface area contributed by atoms with Crippen LogP contribution in [-0.4, -0.2) is 38.9 Å². The van der Waals surface area contributed by atoms with E-state index in [9.17, 15) is 23.1 Å². The lowest BCUT2D eigenvalue weighted by atomic mass is 9.99. The number of carbonyl (C=O) groups excluding carboxylic acids is 1. The van der Waals surface area contributed by atoms with Gasteiger partial charge in [-0.1, -0.05) is 12.1 Å². The maximum absolute atomic E-state index is 12.9. The molecule has 10 nitrogen and oxygen atoms in total. The van der Waals surface area contributed by atoms with Crippen molar-refractivity contribution in [1.29, 1.82) is 0 Å². The fourth-order valence-corrected chi connectivity index (χ4v) is 3.47. The first kappa shape index (κ1) is 28.4. The Hall–Kier alpha value is -4.62. The summed E-state index contributed by atoms with van der Waals surface area (Å²) in [5.41, 5.74) is 6.00. The van der Waals surface area contributed by atoms with Crippen molar-refractivity contribution in [2.45, 2.75) is 37.8 Å². The van der Waals surface area contributed by atoms with Crippen LogP contribution in [0.1, 0.15) is 25.0 Å². The Labute approximate surface area is 228 Å². The number of hydrogen-bond donors (Lipinski definition) is 6. The number of nitrogens with one attached hydrogen (secondary N) is 4. The zero-order chi connectivity index (χ0) is 28.9. The lowest BCUT2D eigenvalue weighted by Crippen LogP contribution is -2.42. The van der Waals surface area contributed by atoms with Gasteiger partial charge in [0.15, 0.2) is 0 Å². The molecule has 2 heterocycles. The summed E-state index contributed by atoms with van der Waals surface area (Å²) < 4.78 is 44.2. The quantitative estimate of drug-likeness (QED) is 0.224. The molecule has 0 saturated heterocycles. The number of halogens is 3. The molecule has 0 fully saturated rings. The predicted molar refractivity (Wildman–Crippen MR) is 144 cm³/mol. The number of aromatic nitrogens is 2. The summed E-state index contributed by atoms with van der Waals surface area (Å²) in [4.78, 5) is 20.3. The molecule has 7 N–H and O–H groups in total. The number of aliphatic hydroxyl groups is 1. The van der Waals surface area contributed by atoms with E-state index in [4.69, 9.17) is 10.5 Å². The van der Waals surface area contributed by atoms with Gasteiger partial charge >= 0.3 is 18.2 Å². The highest BCUT2D eigenvalue weighted by atomic mass is 19.4. The molecule has 210 valence electrons. The monoisotopic (exact) mass is 555 g/mol. The van der Waals surface area contributed by atoms with Crippen molar-refractivity contribution in [3.8, 4) is 11.8 Å². The number of nitrogens with two attached hydrogens (primary N) is 1. The number of amides is 2. The number of hydrogen-bond acceptors (Lipinski definition) is 8. The molecule has 2 atom stereocenters. The highest BCUT2D eigenvalue weighted by molar-refractivity contribution is 5.99. The summed E-state index contributed by atoms with van der Waals surface area (Å²) >= 11 is 0. The molecule has 0 saturated carbocycles. The average molecular weight is 556 g/mol. The summed E-state index contributed by atoms with van der Waals surface area (Å²) in [6.07, 6.45) is 3.33. The zero-order valence-corrected chi connectivity index (χ0v) is 21.5. The minimum absolute atomic E-state index is 0.0158. The largest absolute Gasteiger partial charge is 0.424 e. The lowest BCUT2D eigenvalue weighted by molar-refractivity contribution is -0.137. The second-order valence-electron chi connectivity index (χ2n) is 9.45. The molecule has 0 spiro atoms. The van der Waals surface area contributed by atoms with Crippen molar-refractivity contribution in [2.24, 2.45) is 5.73 Å². The first-order chi connectivity index (χ1) is 18.9. The lowest BCUT2D eigenvalue weighted by Gasteiger charge is -2.23. The van der Waals surface area contributed by atoms with E-state index in [1.807, 2.05) is 24.4 Å². The second kappa shape index (κ2) is 11.6. The van der Waals surface area contributed by atoms with Gasteiger partial charge in [-0.3, -0.25) is 0 Å². The Bertz CT molecular complexity index is 1390. The van der Waals surface area contributed by atoms with Gasteiger partial charge in [-0.25, -0.2) is 14.8 Å². The standard InChI is InChI=1S/C27H28F3N7O3/c1-26(2,39)22(31)10-11-23-32-15-21(37-23)16-6-8-20(9-7-16)40-25-33-13-19(14-34-25)36-24(38)35-18-5-3-4-17(12-18)27(28,29)30/h3-15,22-23,32,37,39H,31H2,1-2H3,(H2,35,36,38)/b11-10-.